The molecule has 0 spiro atoms. The van der Waals surface area contributed by atoms with Gasteiger partial charge < -0.3 is 4.74 Å². The molecule has 0 saturated carbocycles. The Labute approximate surface area is 113 Å². The van der Waals surface area contributed by atoms with Gasteiger partial charge in [-0.25, -0.2) is 4.79 Å². The van der Waals surface area contributed by atoms with E-state index in [9.17, 15) is 4.79 Å². The Morgan fingerprint density at radius 1 is 1.11 bits per heavy atom. The van der Waals surface area contributed by atoms with Crippen LogP contribution < -0.4 is 4.90 Å². The monoisotopic (exact) mass is 260 g/mol. The summed E-state index contributed by atoms with van der Waals surface area (Å²) in [5.41, 5.74) is 0.567. The van der Waals surface area contributed by atoms with Gasteiger partial charge in [0.25, 0.3) is 0 Å². The van der Waals surface area contributed by atoms with Gasteiger partial charge in [-0.3, -0.25) is 9.80 Å². The van der Waals surface area contributed by atoms with Crippen LogP contribution >= 0.6 is 0 Å². The highest BCUT2D eigenvalue weighted by Gasteiger charge is 2.48. The number of anilines is 1. The highest BCUT2D eigenvalue weighted by molar-refractivity contribution is 5.91. The van der Waals surface area contributed by atoms with Crippen molar-refractivity contribution in [2.45, 2.75) is 31.8 Å². The molecule has 0 bridgehead atoms. The van der Waals surface area contributed by atoms with Crippen LogP contribution in [0.2, 0.25) is 0 Å². The lowest BCUT2D eigenvalue weighted by molar-refractivity contribution is 0.0678. The maximum Gasteiger partial charge on any atom is 0.416 e. The van der Waals surface area contributed by atoms with Crippen LogP contribution in [0, 0.1) is 0 Å². The van der Waals surface area contributed by atoms with Gasteiger partial charge in [0.2, 0.25) is 0 Å². The van der Waals surface area contributed by atoms with Crippen molar-refractivity contribution >= 4 is 11.8 Å². The lowest BCUT2D eigenvalue weighted by Gasteiger charge is -2.43. The zero-order valence-corrected chi connectivity index (χ0v) is 11.3. The normalized spacial score (nSPS) is 28.5. The summed E-state index contributed by atoms with van der Waals surface area (Å²) in [6.07, 6.45) is 3.45. The van der Waals surface area contributed by atoms with Gasteiger partial charge in [0.15, 0.2) is 0 Å². The van der Waals surface area contributed by atoms with Crippen LogP contribution in [0.5, 0.6) is 0 Å². The molecule has 4 nitrogen and oxygen atoms in total. The second kappa shape index (κ2) is 4.85. The fourth-order valence-electron chi connectivity index (χ4n) is 3.09. The van der Waals surface area contributed by atoms with E-state index in [0.717, 1.165) is 18.8 Å². The molecule has 19 heavy (non-hydrogen) atoms. The van der Waals surface area contributed by atoms with Crippen molar-refractivity contribution in [1.82, 2.24) is 4.90 Å². The fraction of sp³-hybridized carbons (Fsp3) is 0.533. The lowest BCUT2D eigenvalue weighted by Crippen LogP contribution is -2.59. The molecule has 0 N–H and O–H groups in total. The van der Waals surface area contributed by atoms with E-state index in [1.807, 2.05) is 30.3 Å². The first-order valence-electron chi connectivity index (χ1n) is 6.99. The van der Waals surface area contributed by atoms with Crippen LogP contribution in [-0.2, 0) is 4.74 Å². The zero-order valence-electron chi connectivity index (χ0n) is 11.3. The number of carbonyl (C=O) groups excluding carboxylic acids is 1. The second-order valence-electron chi connectivity index (χ2n) is 5.49. The number of carbonyl (C=O) groups is 1. The van der Waals surface area contributed by atoms with Crippen LogP contribution in [-0.4, -0.2) is 36.4 Å². The number of ether oxygens (including phenoxy) is 1. The summed E-state index contributed by atoms with van der Waals surface area (Å²) in [6, 6.07) is 9.81. The van der Waals surface area contributed by atoms with E-state index in [1.54, 1.807) is 4.90 Å². The minimum Gasteiger partial charge on any atom is -0.445 e. The van der Waals surface area contributed by atoms with Crippen LogP contribution in [0.4, 0.5) is 10.5 Å². The smallest absolute Gasteiger partial charge is 0.416 e. The number of likely N-dealkylation sites (tertiary alicyclic amines) is 1. The van der Waals surface area contributed by atoms with E-state index in [1.165, 1.54) is 19.3 Å². The van der Waals surface area contributed by atoms with E-state index in [2.05, 4.69) is 11.8 Å². The average molecular weight is 260 g/mol. The Hall–Kier alpha value is -1.55. The van der Waals surface area contributed by atoms with Crippen molar-refractivity contribution in [3.05, 3.63) is 30.3 Å². The van der Waals surface area contributed by atoms with E-state index in [-0.39, 0.29) is 11.8 Å². The third-order valence-corrected chi connectivity index (χ3v) is 4.19. The first-order valence-corrected chi connectivity index (χ1v) is 6.99. The molecule has 0 radical (unpaired) electrons. The van der Waals surface area contributed by atoms with Crippen molar-refractivity contribution in [3.8, 4) is 0 Å². The van der Waals surface area contributed by atoms with Crippen molar-refractivity contribution in [2.24, 2.45) is 0 Å². The summed E-state index contributed by atoms with van der Waals surface area (Å²) < 4.78 is 5.33. The summed E-state index contributed by atoms with van der Waals surface area (Å²) in [7, 11) is 0. The molecule has 1 atom stereocenters. The number of piperidine rings is 1. The minimum atomic E-state index is -0.348. The first kappa shape index (κ1) is 12.5. The predicted molar refractivity (Wildman–Crippen MR) is 74.1 cm³/mol. The summed E-state index contributed by atoms with van der Waals surface area (Å²) in [6.45, 7) is 4.63. The summed E-state index contributed by atoms with van der Waals surface area (Å²) in [4.78, 5) is 16.3. The molecule has 2 saturated heterocycles. The van der Waals surface area contributed by atoms with E-state index < -0.39 is 0 Å². The van der Waals surface area contributed by atoms with Crippen molar-refractivity contribution in [2.75, 3.05) is 24.6 Å². The van der Waals surface area contributed by atoms with Crippen LogP contribution in [0.15, 0.2) is 30.3 Å². The van der Waals surface area contributed by atoms with Gasteiger partial charge in [0, 0.05) is 18.8 Å². The molecule has 1 unspecified atom stereocenters. The molecule has 2 heterocycles. The molecule has 1 aromatic carbocycles. The summed E-state index contributed by atoms with van der Waals surface area (Å²) in [5.74, 6) is 0. The molecular formula is C15H20N2O2. The predicted octanol–water partition coefficient (Wildman–Crippen LogP) is 2.85. The van der Waals surface area contributed by atoms with Crippen LogP contribution in [0.3, 0.4) is 0 Å². The maximum absolute atomic E-state index is 12.1. The molecule has 2 fully saturated rings. The SMILES string of the molecule is CC1(N2CCCCC2)COC(=O)N1c1ccccc1. The first-order chi connectivity index (χ1) is 9.22. The van der Waals surface area contributed by atoms with Gasteiger partial charge >= 0.3 is 6.09 Å². The number of hydrogen-bond donors (Lipinski definition) is 0. The number of cyclic esters (lactones) is 1. The van der Waals surface area contributed by atoms with Crippen molar-refractivity contribution in [3.63, 3.8) is 0 Å². The molecule has 1 aromatic rings. The lowest BCUT2D eigenvalue weighted by atomic mass is 10.0. The number of hydrogen-bond acceptors (Lipinski definition) is 3. The quantitative estimate of drug-likeness (QED) is 0.819. The fourth-order valence-corrected chi connectivity index (χ4v) is 3.09. The molecule has 4 heteroatoms. The number of para-hydroxylation sites is 1. The largest absolute Gasteiger partial charge is 0.445 e. The van der Waals surface area contributed by atoms with Crippen LogP contribution in [0.1, 0.15) is 26.2 Å². The summed E-state index contributed by atoms with van der Waals surface area (Å²) >= 11 is 0. The number of rotatable bonds is 2. The molecular weight excluding hydrogens is 240 g/mol. The zero-order chi connectivity index (χ0) is 13.3. The van der Waals surface area contributed by atoms with Gasteiger partial charge in [0.05, 0.1) is 0 Å². The highest BCUT2D eigenvalue weighted by Crippen LogP contribution is 2.34. The Bertz CT molecular complexity index is 456. The standard InChI is InChI=1S/C15H20N2O2/c1-15(16-10-6-3-7-11-16)12-19-14(18)17(15)13-8-4-2-5-9-13/h2,4-5,8-9H,3,6-7,10-12H2,1H3. The van der Waals surface area contributed by atoms with Gasteiger partial charge in [-0.15, -0.1) is 0 Å². The molecule has 3 rings (SSSR count). The summed E-state index contributed by atoms with van der Waals surface area (Å²) in [5, 5.41) is 0. The van der Waals surface area contributed by atoms with E-state index >= 15 is 0 Å². The van der Waals surface area contributed by atoms with Gasteiger partial charge in [0.1, 0.15) is 12.3 Å². The number of nitrogens with zero attached hydrogens (tertiary/aromatic N) is 2. The minimum absolute atomic E-state index is 0.237. The van der Waals surface area contributed by atoms with Gasteiger partial charge in [-0.2, -0.15) is 0 Å². The molecule has 102 valence electrons. The second-order valence-corrected chi connectivity index (χ2v) is 5.49. The highest BCUT2D eigenvalue weighted by atomic mass is 16.6. The third kappa shape index (κ3) is 2.10. The molecule has 0 aliphatic carbocycles. The van der Waals surface area contributed by atoms with Gasteiger partial charge in [-0.05, 0) is 31.9 Å². The molecule has 2 aliphatic heterocycles. The number of benzene rings is 1. The molecule has 0 aromatic heterocycles. The Morgan fingerprint density at radius 3 is 2.47 bits per heavy atom. The topological polar surface area (TPSA) is 32.8 Å². The van der Waals surface area contributed by atoms with E-state index in [0.29, 0.717) is 6.61 Å². The third-order valence-electron chi connectivity index (χ3n) is 4.19. The molecule has 2 aliphatic rings. The average Bonchev–Trinajstić information content (AvgIpc) is 2.78. The Balaban J connectivity index is 1.93. The van der Waals surface area contributed by atoms with E-state index in [4.69, 9.17) is 4.74 Å². The van der Waals surface area contributed by atoms with Crippen LogP contribution in [0.25, 0.3) is 0 Å². The van der Waals surface area contributed by atoms with Gasteiger partial charge in [-0.1, -0.05) is 24.6 Å². The van der Waals surface area contributed by atoms with Crippen molar-refractivity contribution in [1.29, 1.82) is 0 Å². The molecule has 1 amide bonds. The van der Waals surface area contributed by atoms with Crippen molar-refractivity contribution < 1.29 is 9.53 Å². The Kier molecular flexibility index (Phi) is 3.19. The maximum atomic E-state index is 12.1. The number of amides is 1. The Morgan fingerprint density at radius 2 is 1.79 bits per heavy atom.